The molecule has 0 saturated carbocycles. The van der Waals surface area contributed by atoms with Crippen LogP contribution in [0.15, 0.2) is 72.8 Å². The molecule has 2 aliphatic rings. The Hall–Kier alpha value is -3.07. The van der Waals surface area contributed by atoms with E-state index < -0.39 is 5.97 Å². The second kappa shape index (κ2) is 5.73. The Morgan fingerprint density at radius 1 is 1.00 bits per heavy atom. The molecular formula is C23H18NO2-. The van der Waals surface area contributed by atoms with Crippen LogP contribution < -0.4 is 10.4 Å². The van der Waals surface area contributed by atoms with Crippen molar-refractivity contribution >= 4 is 22.4 Å². The molecule has 1 heterocycles. The van der Waals surface area contributed by atoms with Gasteiger partial charge < -0.3 is 15.2 Å². The molecule has 0 fully saturated rings. The molecule has 3 nitrogen and oxygen atoms in total. The number of hydrogen-bond donors (Lipinski definition) is 1. The maximum Gasteiger partial charge on any atom is 0.0715 e. The van der Waals surface area contributed by atoms with Crippen LogP contribution in [0.5, 0.6) is 0 Å². The fourth-order valence-electron chi connectivity index (χ4n) is 4.55. The van der Waals surface area contributed by atoms with Gasteiger partial charge in [-0.25, -0.2) is 0 Å². The molecule has 0 unspecified atom stereocenters. The van der Waals surface area contributed by atoms with E-state index in [0.717, 1.165) is 17.7 Å². The fourth-order valence-corrected chi connectivity index (χ4v) is 4.55. The minimum Gasteiger partial charge on any atom is -0.545 e. The molecule has 26 heavy (non-hydrogen) atoms. The second-order valence-electron chi connectivity index (χ2n) is 7.13. The molecule has 3 atom stereocenters. The van der Waals surface area contributed by atoms with Crippen LogP contribution in [0.3, 0.4) is 0 Å². The van der Waals surface area contributed by atoms with Crippen molar-refractivity contribution in [1.29, 1.82) is 0 Å². The zero-order valence-electron chi connectivity index (χ0n) is 14.2. The first-order valence-electron chi connectivity index (χ1n) is 8.98. The average molecular weight is 340 g/mol. The van der Waals surface area contributed by atoms with Gasteiger partial charge in [0.1, 0.15) is 0 Å². The first-order chi connectivity index (χ1) is 12.7. The van der Waals surface area contributed by atoms with Gasteiger partial charge >= 0.3 is 0 Å². The molecule has 128 valence electrons. The van der Waals surface area contributed by atoms with Crippen molar-refractivity contribution in [2.24, 2.45) is 5.92 Å². The highest BCUT2D eigenvalue weighted by molar-refractivity contribution is 5.88. The Morgan fingerprint density at radius 3 is 2.73 bits per heavy atom. The van der Waals surface area contributed by atoms with Crippen LogP contribution in [0.2, 0.25) is 0 Å². The third-order valence-electron chi connectivity index (χ3n) is 5.76. The van der Waals surface area contributed by atoms with Crippen LogP contribution in [0.25, 0.3) is 10.8 Å². The number of aromatic carboxylic acids is 1. The predicted octanol–water partition coefficient (Wildman–Crippen LogP) is 4.03. The molecule has 1 aliphatic heterocycles. The zero-order chi connectivity index (χ0) is 17.7. The van der Waals surface area contributed by atoms with Gasteiger partial charge in [-0.15, -0.1) is 0 Å². The van der Waals surface area contributed by atoms with Crippen molar-refractivity contribution in [1.82, 2.24) is 0 Å². The highest BCUT2D eigenvalue weighted by Gasteiger charge is 2.38. The Labute approximate surface area is 152 Å². The third kappa shape index (κ3) is 2.24. The lowest BCUT2D eigenvalue weighted by molar-refractivity contribution is -0.255. The topological polar surface area (TPSA) is 52.2 Å². The number of carboxylic acid groups (broad SMARTS) is 1. The van der Waals surface area contributed by atoms with E-state index in [-0.39, 0.29) is 17.5 Å². The molecule has 5 rings (SSSR count). The highest BCUT2D eigenvalue weighted by Crippen LogP contribution is 2.50. The number of benzene rings is 3. The van der Waals surface area contributed by atoms with Gasteiger partial charge in [0.05, 0.1) is 12.0 Å². The van der Waals surface area contributed by atoms with Crippen LogP contribution >= 0.6 is 0 Å². The smallest absolute Gasteiger partial charge is 0.0715 e. The van der Waals surface area contributed by atoms with Crippen LogP contribution in [0.4, 0.5) is 5.69 Å². The van der Waals surface area contributed by atoms with E-state index in [1.807, 2.05) is 6.07 Å². The quantitative estimate of drug-likeness (QED) is 0.717. The van der Waals surface area contributed by atoms with Crippen LogP contribution in [0, 0.1) is 5.92 Å². The zero-order valence-corrected chi connectivity index (χ0v) is 14.2. The van der Waals surface area contributed by atoms with E-state index >= 15 is 0 Å². The molecule has 0 radical (unpaired) electrons. The number of anilines is 1. The first-order valence-corrected chi connectivity index (χ1v) is 8.98. The third-order valence-corrected chi connectivity index (χ3v) is 5.76. The number of carboxylic acids is 1. The van der Waals surface area contributed by atoms with Crippen LogP contribution in [-0.4, -0.2) is 5.97 Å². The molecule has 3 heteroatoms. The van der Waals surface area contributed by atoms with E-state index in [4.69, 9.17) is 0 Å². The summed E-state index contributed by atoms with van der Waals surface area (Å²) in [4.78, 5) is 11.3. The molecule has 0 amide bonds. The van der Waals surface area contributed by atoms with Crippen LogP contribution in [-0.2, 0) is 0 Å². The monoisotopic (exact) mass is 340 g/mol. The maximum absolute atomic E-state index is 11.3. The van der Waals surface area contributed by atoms with Crippen molar-refractivity contribution in [3.63, 3.8) is 0 Å². The molecule has 0 saturated heterocycles. The minimum absolute atomic E-state index is 0.197. The summed E-state index contributed by atoms with van der Waals surface area (Å²) < 4.78 is 0. The van der Waals surface area contributed by atoms with Gasteiger partial charge in [-0.1, -0.05) is 60.7 Å². The van der Waals surface area contributed by atoms with Crippen molar-refractivity contribution < 1.29 is 9.90 Å². The van der Waals surface area contributed by atoms with Gasteiger partial charge in [0.2, 0.25) is 0 Å². The normalized spacial score (nSPS) is 23.3. The standard InChI is InChI=1S/C23H19NO2/c25-23(26)15-11-12-21-20(13-15)17-8-4-10-19(17)22(24-21)18-9-3-6-14-5-1-2-7-16(14)18/h1-9,11-13,17,19,22,24H,10H2,(H,25,26)/p-1/t17-,19-,22-/m0/s1. The molecule has 0 bridgehead atoms. The molecular weight excluding hydrogens is 322 g/mol. The summed E-state index contributed by atoms with van der Waals surface area (Å²) in [5, 5.41) is 17.5. The number of carbonyl (C=O) groups is 1. The van der Waals surface area contributed by atoms with Crippen molar-refractivity contribution in [3.05, 3.63) is 89.5 Å². The van der Waals surface area contributed by atoms with E-state index in [1.165, 1.54) is 16.3 Å². The number of fused-ring (bicyclic) bond motifs is 4. The van der Waals surface area contributed by atoms with Crippen molar-refractivity contribution in [2.45, 2.75) is 18.4 Å². The number of allylic oxidation sites excluding steroid dienone is 2. The summed E-state index contributed by atoms with van der Waals surface area (Å²) >= 11 is 0. The Kier molecular flexibility index (Phi) is 3.35. The molecule has 0 spiro atoms. The largest absolute Gasteiger partial charge is 0.545 e. The minimum atomic E-state index is -1.12. The first kappa shape index (κ1) is 15.2. The van der Waals surface area contributed by atoms with Crippen molar-refractivity contribution in [3.8, 4) is 0 Å². The van der Waals surface area contributed by atoms with Crippen LogP contribution in [0.1, 0.15) is 39.9 Å². The molecule has 3 aromatic rings. The fraction of sp³-hybridized carbons (Fsp3) is 0.174. The summed E-state index contributed by atoms with van der Waals surface area (Å²) in [5.74, 6) is -0.512. The van der Waals surface area contributed by atoms with Gasteiger partial charge in [-0.3, -0.25) is 0 Å². The summed E-state index contributed by atoms with van der Waals surface area (Å²) in [6.07, 6.45) is 5.43. The van der Waals surface area contributed by atoms with Crippen molar-refractivity contribution in [2.75, 3.05) is 5.32 Å². The summed E-state index contributed by atoms with van der Waals surface area (Å²) in [5.41, 5.74) is 3.62. The van der Waals surface area contributed by atoms with E-state index in [0.29, 0.717) is 5.92 Å². The van der Waals surface area contributed by atoms with Gasteiger partial charge in [0.25, 0.3) is 0 Å². The Bertz CT molecular complexity index is 1050. The Balaban J connectivity index is 1.65. The number of nitrogens with one attached hydrogen (secondary N) is 1. The summed E-state index contributed by atoms with van der Waals surface area (Å²) in [6.45, 7) is 0. The molecule has 0 aromatic heterocycles. The number of carbonyl (C=O) groups excluding carboxylic acids is 1. The van der Waals surface area contributed by atoms with Gasteiger partial charge in [-0.2, -0.15) is 0 Å². The van der Waals surface area contributed by atoms with E-state index in [2.05, 4.69) is 59.9 Å². The number of hydrogen-bond acceptors (Lipinski definition) is 3. The molecule has 1 N–H and O–H groups in total. The van der Waals surface area contributed by atoms with Gasteiger partial charge in [-0.05, 0) is 51.9 Å². The van der Waals surface area contributed by atoms with E-state index in [1.54, 1.807) is 12.1 Å². The Morgan fingerprint density at radius 2 is 1.85 bits per heavy atom. The lowest BCUT2D eigenvalue weighted by Gasteiger charge is -2.38. The number of rotatable bonds is 2. The maximum atomic E-state index is 11.3. The van der Waals surface area contributed by atoms with Gasteiger partial charge in [0, 0.05) is 11.6 Å². The SMILES string of the molecule is O=C([O-])c1ccc2c(c1)[C@H]1C=CC[C@@H]1[C@H](c1cccc3ccccc13)N2. The summed E-state index contributed by atoms with van der Waals surface area (Å²) in [6, 6.07) is 20.4. The predicted molar refractivity (Wildman–Crippen MR) is 101 cm³/mol. The lowest BCUT2D eigenvalue weighted by Crippen LogP contribution is -2.30. The van der Waals surface area contributed by atoms with E-state index in [9.17, 15) is 9.90 Å². The summed E-state index contributed by atoms with van der Waals surface area (Å²) in [7, 11) is 0. The highest BCUT2D eigenvalue weighted by atomic mass is 16.4. The lowest BCUT2D eigenvalue weighted by atomic mass is 9.76. The molecule has 1 aliphatic carbocycles. The second-order valence-corrected chi connectivity index (χ2v) is 7.13. The van der Waals surface area contributed by atoms with Gasteiger partial charge in [0.15, 0.2) is 0 Å². The molecule has 3 aromatic carbocycles. The average Bonchev–Trinajstić information content (AvgIpc) is 3.16.